The van der Waals surface area contributed by atoms with Crippen molar-refractivity contribution in [3.63, 3.8) is 0 Å². The first-order valence-electron chi connectivity index (χ1n) is 7.41. The zero-order valence-corrected chi connectivity index (χ0v) is 13.1. The average Bonchev–Trinajstić information content (AvgIpc) is 2.66. The first-order chi connectivity index (χ1) is 9.82. The standard InChI is InChI=1S/C17H22BNO2/c1-16(2)17(3,4)21-18(20-16)15(19)14-11-7-9-12-8-5-6-10-13(12)14/h5-11,15H,19H2,1-4H3/t15-/m1/s1. The quantitative estimate of drug-likeness (QED) is 0.858. The van der Waals surface area contributed by atoms with Crippen molar-refractivity contribution in [2.24, 2.45) is 5.73 Å². The molecule has 0 spiro atoms. The largest absolute Gasteiger partial charge is 0.480 e. The number of benzene rings is 2. The van der Waals surface area contributed by atoms with Crippen molar-refractivity contribution in [1.29, 1.82) is 0 Å². The molecule has 0 radical (unpaired) electrons. The minimum Gasteiger partial charge on any atom is -0.402 e. The molecule has 21 heavy (non-hydrogen) atoms. The predicted molar refractivity (Wildman–Crippen MR) is 87.0 cm³/mol. The molecule has 0 aliphatic carbocycles. The molecule has 1 heterocycles. The number of hydrogen-bond donors (Lipinski definition) is 1. The van der Waals surface area contributed by atoms with Crippen molar-refractivity contribution in [3.05, 3.63) is 48.0 Å². The maximum Gasteiger partial charge on any atom is 0.480 e. The van der Waals surface area contributed by atoms with Gasteiger partial charge < -0.3 is 15.0 Å². The summed E-state index contributed by atoms with van der Waals surface area (Å²) < 4.78 is 12.2. The Morgan fingerprint density at radius 2 is 1.48 bits per heavy atom. The molecule has 0 saturated carbocycles. The van der Waals surface area contributed by atoms with E-state index in [4.69, 9.17) is 15.0 Å². The van der Waals surface area contributed by atoms with Crippen LogP contribution in [0, 0.1) is 0 Å². The topological polar surface area (TPSA) is 44.5 Å². The van der Waals surface area contributed by atoms with Gasteiger partial charge in [0.1, 0.15) is 0 Å². The summed E-state index contributed by atoms with van der Waals surface area (Å²) in [6, 6.07) is 14.4. The Hall–Kier alpha value is -1.36. The third-order valence-corrected chi connectivity index (χ3v) is 4.75. The lowest BCUT2D eigenvalue weighted by atomic mass is 9.73. The van der Waals surface area contributed by atoms with Crippen LogP contribution in [-0.2, 0) is 9.31 Å². The summed E-state index contributed by atoms with van der Waals surface area (Å²) in [5.41, 5.74) is 6.80. The third-order valence-electron chi connectivity index (χ3n) is 4.75. The summed E-state index contributed by atoms with van der Waals surface area (Å²) in [6.45, 7) is 8.18. The molecular formula is C17H22BNO2. The molecule has 1 aliphatic heterocycles. The van der Waals surface area contributed by atoms with Crippen molar-refractivity contribution in [2.75, 3.05) is 0 Å². The molecule has 1 atom stereocenters. The van der Waals surface area contributed by atoms with E-state index in [9.17, 15) is 0 Å². The molecule has 3 rings (SSSR count). The van der Waals surface area contributed by atoms with Gasteiger partial charge in [0.15, 0.2) is 0 Å². The van der Waals surface area contributed by atoms with E-state index in [0.29, 0.717) is 0 Å². The molecule has 0 aromatic heterocycles. The second kappa shape index (κ2) is 4.84. The van der Waals surface area contributed by atoms with Crippen LogP contribution in [0.4, 0.5) is 0 Å². The fourth-order valence-electron chi connectivity index (χ4n) is 2.72. The van der Waals surface area contributed by atoms with E-state index in [0.717, 1.165) is 10.9 Å². The molecule has 1 saturated heterocycles. The fraction of sp³-hybridized carbons (Fsp3) is 0.412. The zero-order valence-electron chi connectivity index (χ0n) is 13.1. The second-order valence-corrected chi connectivity index (χ2v) is 6.72. The minimum atomic E-state index is -0.430. The highest BCUT2D eigenvalue weighted by Crippen LogP contribution is 2.40. The maximum absolute atomic E-state index is 6.46. The molecule has 0 unspecified atom stereocenters. The van der Waals surface area contributed by atoms with Crippen molar-refractivity contribution in [1.82, 2.24) is 0 Å². The van der Waals surface area contributed by atoms with Crippen LogP contribution >= 0.6 is 0 Å². The molecule has 4 heteroatoms. The maximum atomic E-state index is 6.46. The van der Waals surface area contributed by atoms with Crippen molar-refractivity contribution < 1.29 is 9.31 Å². The number of nitrogens with two attached hydrogens (primary N) is 1. The normalized spacial score (nSPS) is 21.7. The Kier molecular flexibility index (Phi) is 3.36. The first-order valence-corrected chi connectivity index (χ1v) is 7.41. The molecule has 2 aromatic rings. The smallest absolute Gasteiger partial charge is 0.402 e. The summed E-state index contributed by atoms with van der Waals surface area (Å²) in [5, 5.41) is 2.34. The van der Waals surface area contributed by atoms with E-state index < -0.39 is 7.12 Å². The molecule has 110 valence electrons. The van der Waals surface area contributed by atoms with Gasteiger partial charge in [-0.25, -0.2) is 0 Å². The summed E-state index contributed by atoms with van der Waals surface area (Å²) in [4.78, 5) is 0. The Bertz CT molecular complexity index is 647. The van der Waals surface area contributed by atoms with E-state index >= 15 is 0 Å². The highest BCUT2D eigenvalue weighted by atomic mass is 16.7. The molecule has 1 aliphatic rings. The summed E-state index contributed by atoms with van der Waals surface area (Å²) in [6.07, 6.45) is 0. The van der Waals surface area contributed by atoms with Gasteiger partial charge in [0, 0.05) is 0 Å². The van der Waals surface area contributed by atoms with E-state index in [1.807, 2.05) is 45.9 Å². The lowest BCUT2D eigenvalue weighted by molar-refractivity contribution is 0.00578. The van der Waals surface area contributed by atoms with Crippen LogP contribution in [0.1, 0.15) is 39.2 Å². The van der Waals surface area contributed by atoms with Gasteiger partial charge in [0.2, 0.25) is 0 Å². The first kappa shape index (κ1) is 14.6. The van der Waals surface area contributed by atoms with Crippen LogP contribution in [0.5, 0.6) is 0 Å². The van der Waals surface area contributed by atoms with Crippen LogP contribution in [0.25, 0.3) is 10.8 Å². The van der Waals surface area contributed by atoms with Crippen LogP contribution in [0.2, 0.25) is 0 Å². The molecule has 0 amide bonds. The molecule has 0 bridgehead atoms. The summed E-state index contributed by atoms with van der Waals surface area (Å²) in [7, 11) is -0.430. The van der Waals surface area contributed by atoms with Crippen molar-refractivity contribution in [2.45, 2.75) is 44.8 Å². The minimum absolute atomic E-state index is 0.308. The third kappa shape index (κ3) is 2.37. The van der Waals surface area contributed by atoms with Crippen LogP contribution in [-0.4, -0.2) is 18.3 Å². The number of hydrogen-bond acceptors (Lipinski definition) is 3. The number of rotatable bonds is 2. The lowest BCUT2D eigenvalue weighted by Gasteiger charge is -2.32. The van der Waals surface area contributed by atoms with Gasteiger partial charge in [-0.15, -0.1) is 0 Å². The van der Waals surface area contributed by atoms with E-state index in [-0.39, 0.29) is 17.1 Å². The molecule has 2 N–H and O–H groups in total. The van der Waals surface area contributed by atoms with Gasteiger partial charge in [0.05, 0.1) is 17.1 Å². The predicted octanol–water partition coefficient (Wildman–Crippen LogP) is 3.47. The zero-order chi connectivity index (χ0) is 15.3. The van der Waals surface area contributed by atoms with Gasteiger partial charge in [0.25, 0.3) is 0 Å². The van der Waals surface area contributed by atoms with Gasteiger partial charge >= 0.3 is 7.12 Å². The van der Waals surface area contributed by atoms with Gasteiger partial charge in [-0.2, -0.15) is 0 Å². The highest BCUT2D eigenvalue weighted by molar-refractivity contribution is 6.47. The van der Waals surface area contributed by atoms with E-state index in [2.05, 4.69) is 24.3 Å². The monoisotopic (exact) mass is 283 g/mol. The Labute approximate surface area is 126 Å². The molecular weight excluding hydrogens is 261 g/mol. The van der Waals surface area contributed by atoms with Crippen LogP contribution in [0.3, 0.4) is 0 Å². The van der Waals surface area contributed by atoms with Crippen molar-refractivity contribution >= 4 is 17.9 Å². The van der Waals surface area contributed by atoms with Crippen molar-refractivity contribution in [3.8, 4) is 0 Å². The van der Waals surface area contributed by atoms with Gasteiger partial charge in [-0.05, 0) is 44.0 Å². The Morgan fingerprint density at radius 3 is 2.14 bits per heavy atom. The lowest BCUT2D eigenvalue weighted by Crippen LogP contribution is -2.41. The van der Waals surface area contributed by atoms with E-state index in [1.54, 1.807) is 0 Å². The van der Waals surface area contributed by atoms with Crippen LogP contribution < -0.4 is 5.73 Å². The SMILES string of the molecule is CC1(C)OB([C@H](N)c2cccc3ccccc23)OC1(C)C. The average molecular weight is 283 g/mol. The molecule has 1 fully saturated rings. The fourth-order valence-corrected chi connectivity index (χ4v) is 2.72. The Morgan fingerprint density at radius 1 is 0.905 bits per heavy atom. The highest BCUT2D eigenvalue weighted by Gasteiger charge is 2.53. The second-order valence-electron chi connectivity index (χ2n) is 6.72. The van der Waals surface area contributed by atoms with Crippen LogP contribution in [0.15, 0.2) is 42.5 Å². The summed E-state index contributed by atoms with van der Waals surface area (Å²) in [5.74, 6) is -0.308. The number of fused-ring (bicyclic) bond motifs is 1. The molecule has 2 aromatic carbocycles. The van der Waals surface area contributed by atoms with E-state index in [1.165, 1.54) is 5.39 Å². The van der Waals surface area contributed by atoms with Gasteiger partial charge in [-0.1, -0.05) is 42.5 Å². The Balaban J connectivity index is 1.97. The summed E-state index contributed by atoms with van der Waals surface area (Å²) >= 11 is 0. The van der Waals surface area contributed by atoms with Gasteiger partial charge in [-0.3, -0.25) is 0 Å². The molecule has 3 nitrogen and oxygen atoms in total.